The summed E-state index contributed by atoms with van der Waals surface area (Å²) in [5.74, 6) is 1.46. The molecule has 0 radical (unpaired) electrons. The molecule has 1 fully saturated rings. The lowest BCUT2D eigenvalue weighted by molar-refractivity contribution is 0.0949. The Kier molecular flexibility index (Phi) is 4.88. The van der Waals surface area contributed by atoms with Gasteiger partial charge in [0.1, 0.15) is 5.69 Å². The van der Waals surface area contributed by atoms with E-state index in [0.29, 0.717) is 23.4 Å². The van der Waals surface area contributed by atoms with Crippen LogP contribution in [0.25, 0.3) is 0 Å². The zero-order chi connectivity index (χ0) is 14.5. The topological polar surface area (TPSA) is 54.4 Å². The Hall–Kier alpha value is -1.71. The number of nitrogens with one attached hydrogen (secondary N) is 1. The van der Waals surface area contributed by atoms with Crippen molar-refractivity contribution in [1.82, 2.24) is 10.4 Å². The zero-order valence-electron chi connectivity index (χ0n) is 12.5. The summed E-state index contributed by atoms with van der Waals surface area (Å²) in [6.45, 7) is 6.68. The van der Waals surface area contributed by atoms with Gasteiger partial charge in [0.05, 0.1) is 0 Å². The Morgan fingerprint density at radius 2 is 2.20 bits per heavy atom. The first kappa shape index (κ1) is 14.7. The molecule has 2 rings (SSSR count). The highest BCUT2D eigenvalue weighted by Crippen LogP contribution is 2.31. The van der Waals surface area contributed by atoms with E-state index >= 15 is 0 Å². The van der Waals surface area contributed by atoms with Crippen molar-refractivity contribution >= 4 is 11.6 Å². The normalized spacial score (nSPS) is 24.9. The minimum absolute atomic E-state index is 0.237. The van der Waals surface area contributed by atoms with Crippen molar-refractivity contribution in [3.63, 3.8) is 0 Å². The van der Waals surface area contributed by atoms with E-state index in [1.54, 1.807) is 24.4 Å². The van der Waals surface area contributed by atoms with Crippen LogP contribution in [0.5, 0.6) is 0 Å². The summed E-state index contributed by atoms with van der Waals surface area (Å²) in [5.41, 5.74) is 4.19. The molecule has 1 heterocycles. The number of pyridine rings is 1. The largest absolute Gasteiger partial charge is 0.289 e. The summed E-state index contributed by atoms with van der Waals surface area (Å²) < 4.78 is 0. The molecule has 1 saturated carbocycles. The van der Waals surface area contributed by atoms with Gasteiger partial charge in [-0.2, -0.15) is 5.10 Å². The molecule has 0 saturated heterocycles. The van der Waals surface area contributed by atoms with Crippen LogP contribution in [0.15, 0.2) is 29.5 Å². The van der Waals surface area contributed by atoms with Crippen LogP contribution in [0, 0.1) is 17.8 Å². The quantitative estimate of drug-likeness (QED) is 0.859. The molecule has 108 valence electrons. The van der Waals surface area contributed by atoms with Gasteiger partial charge in [0.15, 0.2) is 0 Å². The molecule has 4 heteroatoms. The first-order chi connectivity index (χ1) is 9.58. The summed E-state index contributed by atoms with van der Waals surface area (Å²) in [6.07, 6.45) is 5.00. The van der Waals surface area contributed by atoms with Crippen LogP contribution in [0.2, 0.25) is 0 Å². The maximum absolute atomic E-state index is 12.0. The van der Waals surface area contributed by atoms with E-state index in [0.717, 1.165) is 18.6 Å². The molecule has 0 aliphatic heterocycles. The fourth-order valence-corrected chi connectivity index (χ4v) is 2.76. The second-order valence-corrected chi connectivity index (χ2v) is 6.00. The fourth-order valence-electron chi connectivity index (χ4n) is 2.76. The molecule has 1 aromatic heterocycles. The van der Waals surface area contributed by atoms with Gasteiger partial charge in [-0.25, -0.2) is 5.43 Å². The minimum Gasteiger partial charge on any atom is -0.266 e. The Labute approximate surface area is 120 Å². The fraction of sp³-hybridized carbons (Fsp3) is 0.562. The van der Waals surface area contributed by atoms with Gasteiger partial charge in [0.2, 0.25) is 0 Å². The minimum atomic E-state index is -0.237. The monoisotopic (exact) mass is 273 g/mol. The summed E-state index contributed by atoms with van der Waals surface area (Å²) in [7, 11) is 0. The number of carbonyl (C=O) groups excluding carboxylic acids is 1. The third-order valence-electron chi connectivity index (χ3n) is 3.96. The first-order valence-corrected chi connectivity index (χ1v) is 7.35. The van der Waals surface area contributed by atoms with Crippen LogP contribution in [0.1, 0.15) is 50.5 Å². The number of aromatic nitrogens is 1. The number of hydrogen-bond acceptors (Lipinski definition) is 3. The lowest BCUT2D eigenvalue weighted by Crippen LogP contribution is -2.31. The number of rotatable bonds is 3. The van der Waals surface area contributed by atoms with Crippen LogP contribution >= 0.6 is 0 Å². The molecule has 0 spiro atoms. The zero-order valence-corrected chi connectivity index (χ0v) is 12.5. The highest BCUT2D eigenvalue weighted by Gasteiger charge is 2.27. The van der Waals surface area contributed by atoms with E-state index in [1.807, 2.05) is 0 Å². The van der Waals surface area contributed by atoms with Crippen molar-refractivity contribution in [1.29, 1.82) is 0 Å². The third-order valence-corrected chi connectivity index (χ3v) is 3.96. The second kappa shape index (κ2) is 6.64. The van der Waals surface area contributed by atoms with Gasteiger partial charge >= 0.3 is 0 Å². The van der Waals surface area contributed by atoms with Crippen molar-refractivity contribution in [2.45, 2.75) is 40.0 Å². The average molecular weight is 273 g/mol. The summed E-state index contributed by atoms with van der Waals surface area (Å²) in [6, 6.07) is 5.29. The van der Waals surface area contributed by atoms with Gasteiger partial charge in [-0.3, -0.25) is 9.78 Å². The van der Waals surface area contributed by atoms with Gasteiger partial charge in [-0.15, -0.1) is 0 Å². The third kappa shape index (κ3) is 3.65. The molecule has 2 atom stereocenters. The number of amides is 1. The highest BCUT2D eigenvalue weighted by molar-refractivity contribution is 5.94. The SMILES string of the molecule is CC(C)[C@H]1CC[C@H](C)C/C1=N/NC(=O)c1ccccn1. The van der Waals surface area contributed by atoms with E-state index < -0.39 is 0 Å². The molecule has 1 N–H and O–H groups in total. The molecule has 0 aromatic carbocycles. The lowest BCUT2D eigenvalue weighted by Gasteiger charge is -2.30. The van der Waals surface area contributed by atoms with Crippen LogP contribution < -0.4 is 5.43 Å². The molecular formula is C16H23N3O. The van der Waals surface area contributed by atoms with Crippen LogP contribution in [-0.2, 0) is 0 Å². The lowest BCUT2D eigenvalue weighted by atomic mass is 9.76. The molecule has 1 aromatic rings. The van der Waals surface area contributed by atoms with E-state index in [2.05, 4.69) is 36.3 Å². The van der Waals surface area contributed by atoms with Crippen LogP contribution in [0.3, 0.4) is 0 Å². The molecule has 4 nitrogen and oxygen atoms in total. The first-order valence-electron chi connectivity index (χ1n) is 7.35. The van der Waals surface area contributed by atoms with Crippen molar-refractivity contribution in [3.05, 3.63) is 30.1 Å². The van der Waals surface area contributed by atoms with Crippen LogP contribution in [-0.4, -0.2) is 16.6 Å². The molecule has 1 aliphatic carbocycles. The van der Waals surface area contributed by atoms with E-state index in [9.17, 15) is 4.79 Å². The van der Waals surface area contributed by atoms with Gasteiger partial charge in [0.25, 0.3) is 5.91 Å². The molecular weight excluding hydrogens is 250 g/mol. The predicted octanol–water partition coefficient (Wildman–Crippen LogP) is 3.26. The highest BCUT2D eigenvalue weighted by atomic mass is 16.2. The van der Waals surface area contributed by atoms with Crippen LogP contribution in [0.4, 0.5) is 0 Å². The van der Waals surface area contributed by atoms with Crippen molar-refractivity contribution in [2.75, 3.05) is 0 Å². The Morgan fingerprint density at radius 1 is 1.40 bits per heavy atom. The van der Waals surface area contributed by atoms with Crippen molar-refractivity contribution < 1.29 is 4.79 Å². The molecule has 0 unspecified atom stereocenters. The second-order valence-electron chi connectivity index (χ2n) is 6.00. The number of hydrogen-bond donors (Lipinski definition) is 1. The van der Waals surface area contributed by atoms with Gasteiger partial charge in [-0.1, -0.05) is 26.8 Å². The molecule has 1 aliphatic rings. The summed E-state index contributed by atoms with van der Waals surface area (Å²) in [5, 5.41) is 4.39. The standard InChI is InChI=1S/C16H23N3O/c1-11(2)13-8-7-12(3)10-15(13)18-19-16(20)14-6-4-5-9-17-14/h4-6,9,11-13H,7-8,10H2,1-3H3,(H,19,20)/b18-15-/t12-,13+/m0/s1. The van der Waals surface area contributed by atoms with Crippen molar-refractivity contribution in [3.8, 4) is 0 Å². The smallest absolute Gasteiger partial charge is 0.266 e. The Balaban J connectivity index is 2.06. The summed E-state index contributed by atoms with van der Waals surface area (Å²) in [4.78, 5) is 16.0. The molecule has 20 heavy (non-hydrogen) atoms. The average Bonchev–Trinajstić information content (AvgIpc) is 2.45. The van der Waals surface area contributed by atoms with Gasteiger partial charge in [0, 0.05) is 17.8 Å². The van der Waals surface area contributed by atoms with Gasteiger partial charge in [-0.05, 0) is 43.2 Å². The number of nitrogens with zero attached hydrogens (tertiary/aromatic N) is 2. The van der Waals surface area contributed by atoms with E-state index in [-0.39, 0.29) is 5.91 Å². The molecule has 1 amide bonds. The summed E-state index contributed by atoms with van der Waals surface area (Å²) >= 11 is 0. The van der Waals surface area contributed by atoms with Gasteiger partial charge < -0.3 is 0 Å². The maximum atomic E-state index is 12.0. The van der Waals surface area contributed by atoms with E-state index in [4.69, 9.17) is 0 Å². The predicted molar refractivity (Wildman–Crippen MR) is 80.5 cm³/mol. The number of hydrazone groups is 1. The molecule has 0 bridgehead atoms. The van der Waals surface area contributed by atoms with Crippen molar-refractivity contribution in [2.24, 2.45) is 22.9 Å². The Bertz CT molecular complexity index is 482. The number of carbonyl (C=O) groups is 1. The Morgan fingerprint density at radius 3 is 2.85 bits per heavy atom. The maximum Gasteiger partial charge on any atom is 0.289 e. The van der Waals surface area contributed by atoms with E-state index in [1.165, 1.54) is 6.42 Å².